The van der Waals surface area contributed by atoms with Gasteiger partial charge in [0, 0.05) is 11.1 Å². The van der Waals surface area contributed by atoms with Gasteiger partial charge in [-0.25, -0.2) is 0 Å². The number of carbonyl (C=O) groups excluding carboxylic acids is 1. The number of hydrogen-bond donors (Lipinski definition) is 2. The summed E-state index contributed by atoms with van der Waals surface area (Å²) < 4.78 is 0. The van der Waals surface area contributed by atoms with Gasteiger partial charge in [-0.2, -0.15) is 0 Å². The highest BCUT2D eigenvalue weighted by Crippen LogP contribution is 2.17. The lowest BCUT2D eigenvalue weighted by Gasteiger charge is -2.01. The topological polar surface area (TPSA) is 94.9 Å². The molecule has 5 heteroatoms. The van der Waals surface area contributed by atoms with Crippen molar-refractivity contribution in [1.82, 2.24) is 10.2 Å². The number of primary amides is 1. The zero-order chi connectivity index (χ0) is 11.5. The fraction of sp³-hybridized carbons (Fsp3) is 0. The normalized spacial score (nSPS) is 10.0. The molecule has 0 fully saturated rings. The van der Waals surface area contributed by atoms with Crippen LogP contribution in [0.3, 0.4) is 0 Å². The molecule has 0 unspecified atom stereocenters. The number of nitrogens with zero attached hydrogens (tertiary/aromatic N) is 2. The maximum absolute atomic E-state index is 11.0. The van der Waals surface area contributed by atoms with Crippen molar-refractivity contribution in [2.75, 3.05) is 5.73 Å². The second kappa shape index (κ2) is 3.98. The van der Waals surface area contributed by atoms with Crippen molar-refractivity contribution in [2.24, 2.45) is 5.73 Å². The van der Waals surface area contributed by atoms with Crippen molar-refractivity contribution < 1.29 is 4.79 Å². The van der Waals surface area contributed by atoms with Gasteiger partial charge in [-0.1, -0.05) is 12.1 Å². The molecule has 5 nitrogen and oxygen atoms in total. The van der Waals surface area contributed by atoms with Gasteiger partial charge in [-0.3, -0.25) is 4.79 Å². The molecular formula is C11H10N4O. The highest BCUT2D eigenvalue weighted by molar-refractivity contribution is 5.93. The number of nitrogens with two attached hydrogens (primary N) is 2. The number of amides is 1. The third kappa shape index (κ3) is 1.98. The Bertz CT molecular complexity index is 522. The Morgan fingerprint density at radius 3 is 2.56 bits per heavy atom. The Balaban J connectivity index is 2.44. The van der Waals surface area contributed by atoms with Gasteiger partial charge >= 0.3 is 0 Å². The summed E-state index contributed by atoms with van der Waals surface area (Å²) in [5.74, 6) is -0.111. The molecule has 0 bridgehead atoms. The smallest absolute Gasteiger partial charge is 0.248 e. The van der Waals surface area contributed by atoms with E-state index in [2.05, 4.69) is 10.2 Å². The Morgan fingerprint density at radius 2 is 1.94 bits per heavy atom. The van der Waals surface area contributed by atoms with E-state index in [0.717, 1.165) is 5.56 Å². The zero-order valence-electron chi connectivity index (χ0n) is 8.42. The molecular weight excluding hydrogens is 204 g/mol. The molecule has 0 saturated carbocycles. The van der Waals surface area contributed by atoms with Gasteiger partial charge < -0.3 is 11.5 Å². The molecule has 0 radical (unpaired) electrons. The summed E-state index contributed by atoms with van der Waals surface area (Å²) in [5.41, 5.74) is 12.5. The average Bonchev–Trinajstić information content (AvgIpc) is 2.30. The van der Waals surface area contributed by atoms with Crippen molar-refractivity contribution in [3.63, 3.8) is 0 Å². The van der Waals surface area contributed by atoms with E-state index in [4.69, 9.17) is 11.5 Å². The second-order valence-electron chi connectivity index (χ2n) is 3.29. The van der Waals surface area contributed by atoms with Crippen molar-refractivity contribution in [3.05, 3.63) is 42.0 Å². The maximum atomic E-state index is 11.0. The van der Waals surface area contributed by atoms with E-state index in [0.29, 0.717) is 17.1 Å². The Hall–Kier alpha value is -2.43. The average molecular weight is 214 g/mol. The number of aromatic nitrogens is 2. The SMILES string of the molecule is NC(=O)c1cccc(-c2ccc(N)nn2)c1. The summed E-state index contributed by atoms with van der Waals surface area (Å²) in [6.45, 7) is 0. The molecule has 0 aliphatic carbocycles. The standard InChI is InChI=1S/C11H10N4O/c12-10-5-4-9(14-15-10)7-2-1-3-8(6-7)11(13)16/h1-6H,(H2,12,15)(H2,13,16). The quantitative estimate of drug-likeness (QED) is 0.773. The lowest BCUT2D eigenvalue weighted by atomic mass is 10.1. The minimum Gasteiger partial charge on any atom is -0.382 e. The van der Waals surface area contributed by atoms with E-state index in [1.165, 1.54) is 0 Å². The van der Waals surface area contributed by atoms with E-state index >= 15 is 0 Å². The Morgan fingerprint density at radius 1 is 1.12 bits per heavy atom. The van der Waals surface area contributed by atoms with Crippen LogP contribution in [0.5, 0.6) is 0 Å². The molecule has 1 heterocycles. The van der Waals surface area contributed by atoms with Crippen LogP contribution in [0.4, 0.5) is 5.82 Å². The first-order valence-corrected chi connectivity index (χ1v) is 4.66. The molecule has 1 aromatic carbocycles. The van der Waals surface area contributed by atoms with Gasteiger partial charge in [0.1, 0.15) is 5.82 Å². The summed E-state index contributed by atoms with van der Waals surface area (Å²) in [6.07, 6.45) is 0. The predicted octanol–water partition coefficient (Wildman–Crippen LogP) is 0.825. The first-order chi connectivity index (χ1) is 7.66. The third-order valence-electron chi connectivity index (χ3n) is 2.13. The van der Waals surface area contributed by atoms with Crippen LogP contribution in [-0.2, 0) is 0 Å². The Kier molecular flexibility index (Phi) is 2.51. The van der Waals surface area contributed by atoms with E-state index < -0.39 is 5.91 Å². The molecule has 4 N–H and O–H groups in total. The molecule has 2 rings (SSSR count). The van der Waals surface area contributed by atoms with Crippen LogP contribution in [0.25, 0.3) is 11.3 Å². The van der Waals surface area contributed by atoms with Gasteiger partial charge in [0.2, 0.25) is 5.91 Å². The van der Waals surface area contributed by atoms with E-state index in [1.807, 2.05) is 6.07 Å². The molecule has 0 saturated heterocycles. The highest BCUT2D eigenvalue weighted by atomic mass is 16.1. The fourth-order valence-corrected chi connectivity index (χ4v) is 1.33. The number of rotatable bonds is 2. The van der Waals surface area contributed by atoms with Crippen molar-refractivity contribution in [3.8, 4) is 11.3 Å². The number of anilines is 1. The summed E-state index contributed by atoms with van der Waals surface area (Å²) in [7, 11) is 0. The van der Waals surface area contributed by atoms with E-state index in [1.54, 1.807) is 30.3 Å². The van der Waals surface area contributed by atoms with Gasteiger partial charge in [0.05, 0.1) is 5.69 Å². The van der Waals surface area contributed by atoms with E-state index in [-0.39, 0.29) is 0 Å². The predicted molar refractivity (Wildman–Crippen MR) is 60.4 cm³/mol. The number of benzene rings is 1. The van der Waals surface area contributed by atoms with Gasteiger partial charge in [-0.15, -0.1) is 10.2 Å². The zero-order valence-corrected chi connectivity index (χ0v) is 8.42. The molecule has 1 amide bonds. The van der Waals surface area contributed by atoms with Crippen molar-refractivity contribution in [1.29, 1.82) is 0 Å². The van der Waals surface area contributed by atoms with Crippen LogP contribution in [-0.4, -0.2) is 16.1 Å². The maximum Gasteiger partial charge on any atom is 0.248 e. The van der Waals surface area contributed by atoms with Crippen molar-refractivity contribution >= 4 is 11.7 Å². The lowest BCUT2D eigenvalue weighted by Crippen LogP contribution is -2.10. The second-order valence-corrected chi connectivity index (χ2v) is 3.29. The summed E-state index contributed by atoms with van der Waals surface area (Å²) in [6, 6.07) is 10.3. The monoisotopic (exact) mass is 214 g/mol. The third-order valence-corrected chi connectivity index (χ3v) is 2.13. The van der Waals surface area contributed by atoms with Crippen LogP contribution in [0.15, 0.2) is 36.4 Å². The molecule has 0 aliphatic heterocycles. The molecule has 16 heavy (non-hydrogen) atoms. The molecule has 1 aromatic heterocycles. The largest absolute Gasteiger partial charge is 0.382 e. The van der Waals surface area contributed by atoms with Crippen LogP contribution in [0.1, 0.15) is 10.4 Å². The van der Waals surface area contributed by atoms with Crippen LogP contribution >= 0.6 is 0 Å². The summed E-state index contributed by atoms with van der Waals surface area (Å²) >= 11 is 0. The molecule has 80 valence electrons. The molecule has 0 atom stereocenters. The minimum absolute atomic E-state index is 0.356. The number of hydrogen-bond acceptors (Lipinski definition) is 4. The highest BCUT2D eigenvalue weighted by Gasteiger charge is 2.04. The summed E-state index contributed by atoms with van der Waals surface area (Å²) in [5, 5.41) is 7.66. The first-order valence-electron chi connectivity index (χ1n) is 4.66. The fourth-order valence-electron chi connectivity index (χ4n) is 1.33. The van der Waals surface area contributed by atoms with Crippen molar-refractivity contribution in [2.45, 2.75) is 0 Å². The number of nitrogen functional groups attached to an aromatic ring is 1. The van der Waals surface area contributed by atoms with Gasteiger partial charge in [0.25, 0.3) is 0 Å². The molecule has 0 aliphatic rings. The number of carbonyl (C=O) groups is 1. The first kappa shape index (κ1) is 10.1. The van der Waals surface area contributed by atoms with Gasteiger partial charge in [-0.05, 0) is 24.3 Å². The lowest BCUT2D eigenvalue weighted by molar-refractivity contribution is 0.100. The van der Waals surface area contributed by atoms with E-state index in [9.17, 15) is 4.79 Å². The van der Waals surface area contributed by atoms with Crippen LogP contribution in [0, 0.1) is 0 Å². The summed E-state index contributed by atoms with van der Waals surface area (Å²) in [4.78, 5) is 11.0. The van der Waals surface area contributed by atoms with Crippen LogP contribution in [0.2, 0.25) is 0 Å². The minimum atomic E-state index is -0.467. The van der Waals surface area contributed by atoms with Gasteiger partial charge in [0.15, 0.2) is 0 Å². The molecule has 2 aromatic rings. The Labute approximate surface area is 92.1 Å². The molecule has 0 spiro atoms. The van der Waals surface area contributed by atoms with Crippen LogP contribution < -0.4 is 11.5 Å².